The molecule has 1 N–H and O–H groups in total. The minimum absolute atomic E-state index is 0.105. The van der Waals surface area contributed by atoms with E-state index in [9.17, 15) is 0 Å². The number of aliphatic hydroxyl groups is 1. The third kappa shape index (κ3) is 3.11. The average Bonchev–Trinajstić information content (AvgIpc) is 2.48. The van der Waals surface area contributed by atoms with Crippen LogP contribution in [0.2, 0.25) is 5.02 Å². The second-order valence-corrected chi connectivity index (χ2v) is 4.72. The maximum atomic E-state index is 9.12. The lowest BCUT2D eigenvalue weighted by Gasteiger charge is -2.10. The molecule has 0 radical (unpaired) electrons. The van der Waals surface area contributed by atoms with Crippen LogP contribution in [0.15, 0.2) is 36.4 Å². The number of rotatable bonds is 4. The van der Waals surface area contributed by atoms with Crippen LogP contribution in [0.25, 0.3) is 0 Å². The van der Waals surface area contributed by atoms with Crippen molar-refractivity contribution in [2.45, 2.75) is 20.0 Å². The molecule has 0 aliphatic rings. The first-order valence-electron chi connectivity index (χ1n) is 6.28. The van der Waals surface area contributed by atoms with Crippen LogP contribution in [0, 0.1) is 11.3 Å². The minimum Gasteiger partial charge on any atom is -0.456 e. The number of nitrogens with zero attached hydrogens (tertiary/aromatic N) is 1. The molecule has 0 saturated heterocycles. The lowest BCUT2D eigenvalue weighted by molar-refractivity contribution is 0.281. The summed E-state index contributed by atoms with van der Waals surface area (Å²) >= 11 is 6.14. The predicted molar refractivity (Wildman–Crippen MR) is 78.0 cm³/mol. The molecular formula is C16H14ClNO2. The van der Waals surface area contributed by atoms with Crippen LogP contribution in [-0.2, 0) is 13.0 Å². The molecule has 0 amide bonds. The van der Waals surface area contributed by atoms with Crippen LogP contribution >= 0.6 is 11.6 Å². The van der Waals surface area contributed by atoms with Crippen molar-refractivity contribution in [3.05, 3.63) is 58.1 Å². The summed E-state index contributed by atoms with van der Waals surface area (Å²) in [7, 11) is 0. The predicted octanol–water partition coefficient (Wildman–Crippen LogP) is 4.06. The van der Waals surface area contributed by atoms with E-state index in [1.54, 1.807) is 24.3 Å². The van der Waals surface area contributed by atoms with E-state index in [1.165, 1.54) is 0 Å². The van der Waals surface area contributed by atoms with Crippen LogP contribution in [0.4, 0.5) is 0 Å². The largest absolute Gasteiger partial charge is 0.456 e. The Morgan fingerprint density at radius 3 is 2.65 bits per heavy atom. The first kappa shape index (κ1) is 14.4. The van der Waals surface area contributed by atoms with Gasteiger partial charge >= 0.3 is 0 Å². The normalized spacial score (nSPS) is 10.1. The Kier molecular flexibility index (Phi) is 4.62. The van der Waals surface area contributed by atoms with Gasteiger partial charge in [0, 0.05) is 5.02 Å². The molecule has 2 aromatic carbocycles. The standard InChI is InChI=1S/C16H14ClNO2/c1-2-12-4-5-14(8-15(12)17)20-16-6-3-11(10-19)7-13(16)9-18/h3-8,19H,2,10H2,1H3. The molecule has 0 unspecified atom stereocenters. The molecule has 20 heavy (non-hydrogen) atoms. The van der Waals surface area contributed by atoms with E-state index in [0.717, 1.165) is 12.0 Å². The zero-order valence-corrected chi connectivity index (χ0v) is 11.8. The average molecular weight is 288 g/mol. The zero-order valence-electron chi connectivity index (χ0n) is 11.1. The molecule has 0 bridgehead atoms. The number of aliphatic hydroxyl groups excluding tert-OH is 1. The number of ether oxygens (including phenoxy) is 1. The van der Waals surface area contributed by atoms with Crippen molar-refractivity contribution in [1.29, 1.82) is 5.26 Å². The molecule has 0 aromatic heterocycles. The first-order chi connectivity index (χ1) is 9.67. The summed E-state index contributed by atoms with van der Waals surface area (Å²) in [5.41, 5.74) is 2.11. The highest BCUT2D eigenvalue weighted by molar-refractivity contribution is 6.31. The summed E-state index contributed by atoms with van der Waals surface area (Å²) in [6.45, 7) is 1.93. The number of benzene rings is 2. The van der Waals surface area contributed by atoms with Gasteiger partial charge in [0.05, 0.1) is 12.2 Å². The monoisotopic (exact) mass is 287 g/mol. The van der Waals surface area contributed by atoms with Gasteiger partial charge in [0.2, 0.25) is 0 Å². The molecule has 0 aliphatic heterocycles. The summed E-state index contributed by atoms with van der Waals surface area (Å²) in [6.07, 6.45) is 0.855. The zero-order chi connectivity index (χ0) is 14.5. The summed E-state index contributed by atoms with van der Waals surface area (Å²) in [4.78, 5) is 0. The minimum atomic E-state index is -0.105. The first-order valence-corrected chi connectivity index (χ1v) is 6.66. The van der Waals surface area contributed by atoms with Crippen molar-refractivity contribution in [3.63, 3.8) is 0 Å². The molecule has 0 saturated carbocycles. The molecule has 0 spiro atoms. The Morgan fingerprint density at radius 2 is 2.05 bits per heavy atom. The highest BCUT2D eigenvalue weighted by Gasteiger charge is 2.07. The molecule has 0 aliphatic carbocycles. The van der Waals surface area contributed by atoms with Crippen LogP contribution in [0.5, 0.6) is 11.5 Å². The van der Waals surface area contributed by atoms with Gasteiger partial charge in [0.1, 0.15) is 17.6 Å². The molecule has 2 aromatic rings. The second kappa shape index (κ2) is 6.42. The van der Waals surface area contributed by atoms with Gasteiger partial charge in [-0.3, -0.25) is 0 Å². The highest BCUT2D eigenvalue weighted by atomic mass is 35.5. The Morgan fingerprint density at radius 1 is 1.25 bits per heavy atom. The van der Waals surface area contributed by atoms with Gasteiger partial charge in [-0.05, 0) is 41.8 Å². The van der Waals surface area contributed by atoms with Crippen molar-refractivity contribution in [1.82, 2.24) is 0 Å². The number of aryl methyl sites for hydroxylation is 1. The fraction of sp³-hybridized carbons (Fsp3) is 0.188. The smallest absolute Gasteiger partial charge is 0.145 e. The van der Waals surface area contributed by atoms with E-state index in [1.807, 2.05) is 19.1 Å². The van der Waals surface area contributed by atoms with Crippen LogP contribution < -0.4 is 4.74 Å². The third-order valence-electron chi connectivity index (χ3n) is 2.98. The third-order valence-corrected chi connectivity index (χ3v) is 3.33. The maximum Gasteiger partial charge on any atom is 0.145 e. The van der Waals surface area contributed by atoms with E-state index in [2.05, 4.69) is 6.07 Å². The lowest BCUT2D eigenvalue weighted by atomic mass is 10.1. The molecule has 102 valence electrons. The van der Waals surface area contributed by atoms with Gasteiger partial charge in [-0.15, -0.1) is 0 Å². The van der Waals surface area contributed by atoms with Crippen molar-refractivity contribution in [2.75, 3.05) is 0 Å². The molecule has 0 fully saturated rings. The molecular weight excluding hydrogens is 274 g/mol. The van der Waals surface area contributed by atoms with Crippen molar-refractivity contribution >= 4 is 11.6 Å². The van der Waals surface area contributed by atoms with Gasteiger partial charge < -0.3 is 9.84 Å². The van der Waals surface area contributed by atoms with Crippen molar-refractivity contribution < 1.29 is 9.84 Å². The van der Waals surface area contributed by atoms with Crippen LogP contribution in [0.1, 0.15) is 23.6 Å². The molecule has 0 atom stereocenters. The van der Waals surface area contributed by atoms with E-state index < -0.39 is 0 Å². The Balaban J connectivity index is 2.30. The topological polar surface area (TPSA) is 53.2 Å². The summed E-state index contributed by atoms with van der Waals surface area (Å²) in [5.74, 6) is 1.03. The Hall–Kier alpha value is -2.02. The fourth-order valence-electron chi connectivity index (χ4n) is 1.86. The van der Waals surface area contributed by atoms with Crippen molar-refractivity contribution in [3.8, 4) is 17.6 Å². The Labute approximate surface area is 123 Å². The van der Waals surface area contributed by atoms with E-state index in [4.69, 9.17) is 26.7 Å². The quantitative estimate of drug-likeness (QED) is 0.922. The number of hydrogen-bond acceptors (Lipinski definition) is 3. The van der Waals surface area contributed by atoms with Gasteiger partial charge in [0.25, 0.3) is 0 Å². The van der Waals surface area contributed by atoms with Crippen LogP contribution in [-0.4, -0.2) is 5.11 Å². The Bertz CT molecular complexity index is 662. The van der Waals surface area contributed by atoms with E-state index in [0.29, 0.717) is 27.6 Å². The summed E-state index contributed by atoms with van der Waals surface area (Å²) < 4.78 is 5.69. The summed E-state index contributed by atoms with van der Waals surface area (Å²) in [5, 5.41) is 18.8. The van der Waals surface area contributed by atoms with E-state index >= 15 is 0 Å². The van der Waals surface area contributed by atoms with Crippen molar-refractivity contribution in [2.24, 2.45) is 0 Å². The lowest BCUT2D eigenvalue weighted by Crippen LogP contribution is -1.92. The summed E-state index contributed by atoms with van der Waals surface area (Å²) in [6, 6.07) is 12.5. The SMILES string of the molecule is CCc1ccc(Oc2ccc(CO)cc2C#N)cc1Cl. The molecule has 4 heteroatoms. The second-order valence-electron chi connectivity index (χ2n) is 4.31. The maximum absolute atomic E-state index is 9.12. The van der Waals surface area contributed by atoms with E-state index in [-0.39, 0.29) is 6.61 Å². The number of hydrogen-bond donors (Lipinski definition) is 1. The fourth-order valence-corrected chi connectivity index (χ4v) is 2.16. The number of nitriles is 1. The van der Waals surface area contributed by atoms with Gasteiger partial charge in [-0.2, -0.15) is 5.26 Å². The van der Waals surface area contributed by atoms with Gasteiger partial charge in [-0.1, -0.05) is 30.7 Å². The number of halogens is 1. The molecule has 2 rings (SSSR count). The van der Waals surface area contributed by atoms with Gasteiger partial charge in [-0.25, -0.2) is 0 Å². The highest BCUT2D eigenvalue weighted by Crippen LogP contribution is 2.29. The molecule has 3 nitrogen and oxygen atoms in total. The molecule has 0 heterocycles. The van der Waals surface area contributed by atoms with Gasteiger partial charge in [0.15, 0.2) is 0 Å². The van der Waals surface area contributed by atoms with Crippen LogP contribution in [0.3, 0.4) is 0 Å².